The number of nitrogens with one attached hydrogen (secondary N) is 1. The summed E-state index contributed by atoms with van der Waals surface area (Å²) in [7, 11) is 1.57. The number of carbonyl (C=O) groups excluding carboxylic acids is 2. The molecular formula is C19H36NO2. The van der Waals surface area contributed by atoms with Gasteiger partial charge >= 0.3 is 0 Å². The molecule has 22 heavy (non-hydrogen) atoms. The van der Waals surface area contributed by atoms with E-state index in [0.29, 0.717) is 6.42 Å². The highest BCUT2D eigenvalue weighted by Gasteiger charge is 2.15. The van der Waals surface area contributed by atoms with Gasteiger partial charge < -0.3 is 5.32 Å². The first kappa shape index (κ1) is 21.1. The zero-order chi connectivity index (χ0) is 16.5. The minimum Gasteiger partial charge on any atom is -0.359 e. The van der Waals surface area contributed by atoms with Crippen LogP contribution >= 0.6 is 0 Å². The summed E-state index contributed by atoms with van der Waals surface area (Å²) in [6.07, 6.45) is 19.4. The third-order valence-electron chi connectivity index (χ3n) is 4.30. The van der Waals surface area contributed by atoms with Crippen LogP contribution in [0.1, 0.15) is 96.8 Å². The van der Waals surface area contributed by atoms with Crippen molar-refractivity contribution < 1.29 is 9.59 Å². The van der Waals surface area contributed by atoms with Gasteiger partial charge in [0.1, 0.15) is 5.92 Å². The predicted octanol–water partition coefficient (Wildman–Crippen LogP) is 4.94. The summed E-state index contributed by atoms with van der Waals surface area (Å²) in [5.74, 6) is -0.772. The molecule has 0 saturated carbocycles. The van der Waals surface area contributed by atoms with Crippen LogP contribution in [0.5, 0.6) is 0 Å². The molecule has 0 aliphatic rings. The van der Waals surface area contributed by atoms with E-state index in [1.165, 1.54) is 70.6 Å². The first-order chi connectivity index (χ1) is 10.8. The molecule has 0 saturated heterocycles. The molecule has 0 heterocycles. The Hall–Kier alpha value is -0.860. The van der Waals surface area contributed by atoms with Gasteiger partial charge in [-0.2, -0.15) is 0 Å². The van der Waals surface area contributed by atoms with E-state index in [0.717, 1.165) is 12.8 Å². The van der Waals surface area contributed by atoms with Crippen LogP contribution in [-0.2, 0) is 9.59 Å². The second-order valence-corrected chi connectivity index (χ2v) is 6.32. The lowest BCUT2D eigenvalue weighted by Gasteiger charge is -2.07. The molecule has 1 N–H and O–H groups in total. The summed E-state index contributed by atoms with van der Waals surface area (Å²) >= 11 is 0. The van der Waals surface area contributed by atoms with Crippen molar-refractivity contribution in [2.75, 3.05) is 7.05 Å². The van der Waals surface area contributed by atoms with E-state index in [2.05, 4.69) is 12.2 Å². The van der Waals surface area contributed by atoms with Crippen LogP contribution < -0.4 is 5.32 Å². The van der Waals surface area contributed by atoms with Gasteiger partial charge in [-0.25, -0.2) is 0 Å². The fraction of sp³-hybridized carbons (Fsp3) is 0.895. The van der Waals surface area contributed by atoms with Crippen molar-refractivity contribution in [3.8, 4) is 0 Å². The van der Waals surface area contributed by atoms with Crippen molar-refractivity contribution in [1.82, 2.24) is 5.32 Å². The summed E-state index contributed by atoms with van der Waals surface area (Å²) in [5.41, 5.74) is 0. The molecule has 1 unspecified atom stereocenters. The third-order valence-corrected chi connectivity index (χ3v) is 4.30. The SMILES string of the molecule is CCCCCCCCCCCCCCCC([C]=O)C(=O)NC. The minimum absolute atomic E-state index is 0.200. The fourth-order valence-electron chi connectivity index (χ4n) is 2.78. The van der Waals surface area contributed by atoms with Crippen molar-refractivity contribution >= 4 is 12.2 Å². The maximum atomic E-state index is 11.3. The third kappa shape index (κ3) is 12.8. The number of hydrogen-bond acceptors (Lipinski definition) is 2. The Bertz CT molecular complexity index is 266. The smallest absolute Gasteiger partial charge is 0.230 e. The van der Waals surface area contributed by atoms with E-state index in [9.17, 15) is 9.59 Å². The van der Waals surface area contributed by atoms with Crippen molar-refractivity contribution in [3.05, 3.63) is 0 Å². The van der Waals surface area contributed by atoms with Crippen molar-refractivity contribution in [1.29, 1.82) is 0 Å². The van der Waals surface area contributed by atoms with Crippen molar-refractivity contribution in [3.63, 3.8) is 0 Å². The van der Waals surface area contributed by atoms with Crippen LogP contribution in [0.25, 0.3) is 0 Å². The molecular weight excluding hydrogens is 274 g/mol. The van der Waals surface area contributed by atoms with Crippen LogP contribution in [-0.4, -0.2) is 19.2 Å². The zero-order valence-corrected chi connectivity index (χ0v) is 14.8. The van der Waals surface area contributed by atoms with E-state index in [4.69, 9.17) is 0 Å². The van der Waals surface area contributed by atoms with Crippen molar-refractivity contribution in [2.45, 2.75) is 96.8 Å². The molecule has 0 fully saturated rings. The van der Waals surface area contributed by atoms with Crippen molar-refractivity contribution in [2.24, 2.45) is 5.92 Å². The van der Waals surface area contributed by atoms with Gasteiger partial charge in [-0.1, -0.05) is 90.4 Å². The second kappa shape index (κ2) is 16.5. The zero-order valence-electron chi connectivity index (χ0n) is 14.8. The highest BCUT2D eigenvalue weighted by Crippen LogP contribution is 2.14. The van der Waals surface area contributed by atoms with Gasteiger partial charge in [-0.05, 0) is 6.42 Å². The minimum atomic E-state index is -0.572. The topological polar surface area (TPSA) is 46.2 Å². The number of unbranched alkanes of at least 4 members (excludes halogenated alkanes) is 12. The molecule has 3 heteroatoms. The lowest BCUT2D eigenvalue weighted by atomic mass is 10.00. The molecule has 0 aliphatic heterocycles. The second-order valence-electron chi connectivity index (χ2n) is 6.32. The van der Waals surface area contributed by atoms with E-state index in [1.807, 2.05) is 6.29 Å². The van der Waals surface area contributed by atoms with Gasteiger partial charge in [-0.15, -0.1) is 0 Å². The summed E-state index contributed by atoms with van der Waals surface area (Å²) in [5, 5.41) is 2.51. The first-order valence-corrected chi connectivity index (χ1v) is 9.35. The average Bonchev–Trinajstić information content (AvgIpc) is 2.54. The number of carbonyl (C=O) groups is 1. The summed E-state index contributed by atoms with van der Waals surface area (Å²) < 4.78 is 0. The van der Waals surface area contributed by atoms with Gasteiger partial charge in [0.05, 0.1) is 0 Å². The molecule has 0 aromatic heterocycles. The largest absolute Gasteiger partial charge is 0.359 e. The summed E-state index contributed by atoms with van der Waals surface area (Å²) in [4.78, 5) is 22.0. The van der Waals surface area contributed by atoms with Crippen LogP contribution in [0.2, 0.25) is 0 Å². The molecule has 0 rings (SSSR count). The first-order valence-electron chi connectivity index (χ1n) is 9.35. The Morgan fingerprint density at radius 1 is 0.818 bits per heavy atom. The predicted molar refractivity (Wildman–Crippen MR) is 93.6 cm³/mol. The lowest BCUT2D eigenvalue weighted by molar-refractivity contribution is -0.122. The molecule has 1 amide bonds. The molecule has 1 atom stereocenters. The maximum absolute atomic E-state index is 11.3. The monoisotopic (exact) mass is 310 g/mol. The lowest BCUT2D eigenvalue weighted by Crippen LogP contribution is -2.28. The molecule has 0 aliphatic carbocycles. The van der Waals surface area contributed by atoms with Crippen LogP contribution in [0.4, 0.5) is 0 Å². The van der Waals surface area contributed by atoms with E-state index in [-0.39, 0.29) is 5.91 Å². The molecule has 129 valence electrons. The Balaban J connectivity index is 3.23. The molecule has 0 aromatic rings. The average molecular weight is 311 g/mol. The molecule has 0 spiro atoms. The number of rotatable bonds is 16. The van der Waals surface area contributed by atoms with Gasteiger partial charge in [0, 0.05) is 7.05 Å². The molecule has 1 radical (unpaired) electrons. The molecule has 3 nitrogen and oxygen atoms in total. The summed E-state index contributed by atoms with van der Waals surface area (Å²) in [6, 6.07) is 0. The Morgan fingerprint density at radius 2 is 1.23 bits per heavy atom. The Kier molecular flexibility index (Phi) is 15.9. The van der Waals surface area contributed by atoms with Crippen LogP contribution in [0.3, 0.4) is 0 Å². The van der Waals surface area contributed by atoms with Gasteiger partial charge in [-0.3, -0.25) is 9.59 Å². The van der Waals surface area contributed by atoms with Gasteiger partial charge in [0.2, 0.25) is 12.2 Å². The highest BCUT2D eigenvalue weighted by molar-refractivity contribution is 5.91. The summed E-state index contributed by atoms with van der Waals surface area (Å²) in [6.45, 7) is 2.26. The van der Waals surface area contributed by atoms with Gasteiger partial charge in [0.15, 0.2) is 0 Å². The van der Waals surface area contributed by atoms with E-state index < -0.39 is 5.92 Å². The maximum Gasteiger partial charge on any atom is 0.230 e. The van der Waals surface area contributed by atoms with Crippen LogP contribution in [0, 0.1) is 5.92 Å². The van der Waals surface area contributed by atoms with E-state index in [1.54, 1.807) is 7.05 Å². The van der Waals surface area contributed by atoms with Crippen LogP contribution in [0.15, 0.2) is 0 Å². The number of amides is 1. The Labute approximate surface area is 137 Å². The standard InChI is InChI=1S/C19H36NO2/c1-3-4-5-6-7-8-9-10-11-12-13-14-15-16-18(17-21)19(22)20-2/h18H,3-16H2,1-2H3,(H,20,22). The molecule has 0 bridgehead atoms. The Morgan fingerprint density at radius 3 is 1.59 bits per heavy atom. The normalized spacial score (nSPS) is 12.1. The fourth-order valence-corrected chi connectivity index (χ4v) is 2.78. The quantitative estimate of drug-likeness (QED) is 0.324. The van der Waals surface area contributed by atoms with Gasteiger partial charge in [0.25, 0.3) is 0 Å². The number of hydrogen-bond donors (Lipinski definition) is 1. The van der Waals surface area contributed by atoms with E-state index >= 15 is 0 Å². The highest BCUT2D eigenvalue weighted by atomic mass is 16.2. The molecule has 0 aromatic carbocycles.